The second kappa shape index (κ2) is 11.2. The maximum absolute atomic E-state index is 11.7. The fourth-order valence-corrected chi connectivity index (χ4v) is 3.53. The molecule has 0 radical (unpaired) electrons. The molecule has 3 aromatic carbocycles. The third kappa shape index (κ3) is 6.02. The van der Waals surface area contributed by atoms with Crippen LogP contribution in [-0.4, -0.2) is 11.9 Å². The minimum Gasteiger partial charge on any atom is -0.489 e. The van der Waals surface area contributed by atoms with Crippen LogP contribution in [0.3, 0.4) is 0 Å². The van der Waals surface area contributed by atoms with E-state index in [0.29, 0.717) is 28.9 Å². The second-order valence-electron chi connectivity index (χ2n) is 7.85. The third-order valence-corrected chi connectivity index (χ3v) is 5.24. The van der Waals surface area contributed by atoms with Gasteiger partial charge in [-0.25, -0.2) is 4.79 Å². The number of halogens is 1. The third-order valence-electron chi connectivity index (χ3n) is 5.24. The molecule has 34 heavy (non-hydrogen) atoms. The average molecular weight is 472 g/mol. The molecule has 0 saturated carbocycles. The van der Waals surface area contributed by atoms with Crippen LogP contribution >= 0.6 is 12.4 Å². The molecule has 0 aliphatic heterocycles. The van der Waals surface area contributed by atoms with E-state index in [2.05, 4.69) is 30.1 Å². The quantitative estimate of drug-likeness (QED) is 0.345. The summed E-state index contributed by atoms with van der Waals surface area (Å²) in [7, 11) is 2.06. The molecule has 0 saturated heterocycles. The topological polar surface area (TPSA) is 90.3 Å². The molecule has 0 atom stereocenters. The van der Waals surface area contributed by atoms with E-state index in [1.54, 1.807) is 18.2 Å². The molecule has 0 aliphatic rings. The summed E-state index contributed by atoms with van der Waals surface area (Å²) in [5.41, 5.74) is 3.76. The van der Waals surface area contributed by atoms with Gasteiger partial charge in [-0.05, 0) is 54.1 Å². The van der Waals surface area contributed by atoms with Crippen molar-refractivity contribution >= 4 is 23.4 Å². The summed E-state index contributed by atoms with van der Waals surface area (Å²) in [6.45, 7) is 1.98. The summed E-state index contributed by atoms with van der Waals surface area (Å²) in [6, 6.07) is 26.6. The Balaban J connectivity index is 0.00000324. The Labute approximate surface area is 203 Å². The molecule has 0 amide bonds. The first-order valence-electron chi connectivity index (χ1n) is 10.4. The first kappa shape index (κ1) is 24.5. The van der Waals surface area contributed by atoms with Crippen LogP contribution in [0.1, 0.15) is 27.8 Å². The number of hydrogen-bond acceptors (Lipinski definition) is 6. The van der Waals surface area contributed by atoms with Crippen LogP contribution in [0.15, 0.2) is 82.0 Å². The first-order valence-corrected chi connectivity index (χ1v) is 10.4. The predicted octanol–water partition coefficient (Wildman–Crippen LogP) is 5.17. The molecule has 6 nitrogen and oxygen atoms in total. The highest BCUT2D eigenvalue weighted by Gasteiger charge is 2.07. The summed E-state index contributed by atoms with van der Waals surface area (Å²) >= 11 is 0. The largest absolute Gasteiger partial charge is 0.489 e. The van der Waals surface area contributed by atoms with Gasteiger partial charge in [-0.3, -0.25) is 4.90 Å². The van der Waals surface area contributed by atoms with Gasteiger partial charge in [0.05, 0.1) is 11.6 Å². The van der Waals surface area contributed by atoms with Crippen molar-refractivity contribution in [2.24, 2.45) is 0 Å². The Bertz CT molecular complexity index is 1420. The smallest absolute Gasteiger partial charge is 0.354 e. The van der Waals surface area contributed by atoms with E-state index in [0.717, 1.165) is 24.2 Å². The van der Waals surface area contributed by atoms with Crippen LogP contribution in [-0.2, 0) is 19.7 Å². The number of fused-ring (bicyclic) bond motifs is 1. The highest BCUT2D eigenvalue weighted by molar-refractivity contribution is 5.85. The van der Waals surface area contributed by atoms with E-state index >= 15 is 0 Å². The second-order valence-corrected chi connectivity index (χ2v) is 7.85. The zero-order valence-corrected chi connectivity index (χ0v) is 19.3. The lowest BCUT2D eigenvalue weighted by Gasteiger charge is -2.17. The first-order chi connectivity index (χ1) is 16.0. The summed E-state index contributed by atoms with van der Waals surface area (Å²) in [6.07, 6.45) is 0. The molecule has 0 fully saturated rings. The number of nitriles is 2. The molecule has 0 unspecified atom stereocenters. The Kier molecular flexibility index (Phi) is 8.05. The van der Waals surface area contributed by atoms with Gasteiger partial charge >= 0.3 is 5.63 Å². The average Bonchev–Trinajstić information content (AvgIpc) is 2.83. The molecule has 170 valence electrons. The highest BCUT2D eigenvalue weighted by Crippen LogP contribution is 2.21. The minimum atomic E-state index is -0.651. The number of ether oxygens (including phenoxy) is 1. The van der Waals surface area contributed by atoms with Gasteiger partial charge in [0.1, 0.15) is 29.6 Å². The van der Waals surface area contributed by atoms with E-state index < -0.39 is 5.63 Å². The van der Waals surface area contributed by atoms with Crippen molar-refractivity contribution in [3.8, 4) is 17.9 Å². The summed E-state index contributed by atoms with van der Waals surface area (Å²) in [4.78, 5) is 14.0. The van der Waals surface area contributed by atoms with E-state index in [1.165, 1.54) is 11.6 Å². The molecule has 1 aromatic heterocycles. The highest BCUT2D eigenvalue weighted by atomic mass is 35.5. The Morgan fingerprint density at radius 2 is 1.47 bits per heavy atom. The van der Waals surface area contributed by atoms with E-state index in [1.807, 2.05) is 42.5 Å². The molecule has 0 N–H and O–H groups in total. The van der Waals surface area contributed by atoms with Gasteiger partial charge in [-0.1, -0.05) is 36.4 Å². The molecule has 7 heteroatoms. The van der Waals surface area contributed by atoms with E-state index in [9.17, 15) is 4.79 Å². The van der Waals surface area contributed by atoms with Crippen LogP contribution in [0.4, 0.5) is 0 Å². The van der Waals surface area contributed by atoms with Gasteiger partial charge < -0.3 is 9.15 Å². The Morgan fingerprint density at radius 3 is 2.09 bits per heavy atom. The van der Waals surface area contributed by atoms with E-state index in [4.69, 9.17) is 19.7 Å². The van der Waals surface area contributed by atoms with Crippen molar-refractivity contribution in [2.45, 2.75) is 19.7 Å². The lowest BCUT2D eigenvalue weighted by atomic mass is 10.1. The van der Waals surface area contributed by atoms with Crippen molar-refractivity contribution in [1.82, 2.24) is 4.90 Å². The fourth-order valence-electron chi connectivity index (χ4n) is 3.53. The monoisotopic (exact) mass is 471 g/mol. The zero-order chi connectivity index (χ0) is 23.2. The minimum absolute atomic E-state index is 0. The van der Waals surface area contributed by atoms with Crippen LogP contribution in [0.25, 0.3) is 11.0 Å². The van der Waals surface area contributed by atoms with Crippen LogP contribution < -0.4 is 10.4 Å². The number of benzene rings is 3. The molecule has 4 aromatic rings. The maximum atomic E-state index is 11.7. The van der Waals surface area contributed by atoms with Crippen molar-refractivity contribution in [3.63, 3.8) is 0 Å². The SMILES string of the molecule is CN(Cc1ccc(C#N)cc1)Cc1ccc(COc2ccc3cc(C#N)c(=O)oc3c2)cc1.Cl. The van der Waals surface area contributed by atoms with Crippen molar-refractivity contribution in [3.05, 3.63) is 111 Å². The van der Waals surface area contributed by atoms with Crippen molar-refractivity contribution < 1.29 is 9.15 Å². The molecule has 0 bridgehead atoms. The van der Waals surface area contributed by atoms with Gasteiger partial charge in [-0.15, -0.1) is 12.4 Å². The molecule has 4 rings (SSSR count). The van der Waals surface area contributed by atoms with Crippen molar-refractivity contribution in [1.29, 1.82) is 10.5 Å². The predicted molar refractivity (Wildman–Crippen MR) is 132 cm³/mol. The molecule has 0 aliphatic carbocycles. The number of nitrogens with zero attached hydrogens (tertiary/aromatic N) is 3. The Hall–Kier alpha value is -4.10. The molecular weight excluding hydrogens is 450 g/mol. The maximum Gasteiger partial charge on any atom is 0.354 e. The standard InChI is InChI=1S/C27H21N3O3.ClH/c1-30(16-20-4-2-19(14-28)3-5-20)17-21-6-8-22(9-7-21)18-32-25-11-10-23-12-24(15-29)27(31)33-26(23)13-25;/h2-13H,16-18H2,1H3;1H. The fraction of sp³-hybridized carbons (Fsp3) is 0.148. The molecule has 1 heterocycles. The van der Waals surface area contributed by atoms with Gasteiger partial charge in [0.2, 0.25) is 0 Å². The zero-order valence-electron chi connectivity index (χ0n) is 18.5. The van der Waals surface area contributed by atoms with Gasteiger partial charge in [0.25, 0.3) is 0 Å². The van der Waals surface area contributed by atoms with Crippen molar-refractivity contribution in [2.75, 3.05) is 7.05 Å². The number of hydrogen-bond donors (Lipinski definition) is 0. The normalized spacial score (nSPS) is 10.4. The lowest BCUT2D eigenvalue weighted by Crippen LogP contribution is -2.17. The van der Waals surface area contributed by atoms with Crippen LogP contribution in [0.2, 0.25) is 0 Å². The van der Waals surface area contributed by atoms with Crippen LogP contribution in [0, 0.1) is 22.7 Å². The Morgan fingerprint density at radius 1 is 0.853 bits per heavy atom. The van der Waals surface area contributed by atoms with E-state index in [-0.39, 0.29) is 18.0 Å². The van der Waals surface area contributed by atoms with Crippen LogP contribution in [0.5, 0.6) is 5.75 Å². The molecule has 0 spiro atoms. The van der Waals surface area contributed by atoms with Gasteiger partial charge in [0.15, 0.2) is 0 Å². The summed E-state index contributed by atoms with van der Waals surface area (Å²) < 4.78 is 11.1. The van der Waals surface area contributed by atoms with Gasteiger partial charge in [0, 0.05) is 24.5 Å². The summed E-state index contributed by atoms with van der Waals surface area (Å²) in [5, 5.41) is 18.5. The summed E-state index contributed by atoms with van der Waals surface area (Å²) in [5.74, 6) is 0.585. The van der Waals surface area contributed by atoms with Gasteiger partial charge in [-0.2, -0.15) is 10.5 Å². The lowest BCUT2D eigenvalue weighted by molar-refractivity contribution is 0.305. The molecular formula is C27H22ClN3O3. The number of rotatable bonds is 7.